The fraction of sp³-hybridized carbons (Fsp3) is 0.800. The van der Waals surface area contributed by atoms with E-state index in [0.29, 0.717) is 19.1 Å². The third-order valence-corrected chi connectivity index (χ3v) is 3.74. The van der Waals surface area contributed by atoms with Gasteiger partial charge in [0.05, 0.1) is 6.54 Å². The summed E-state index contributed by atoms with van der Waals surface area (Å²) in [7, 11) is 0. The molecule has 0 bridgehead atoms. The van der Waals surface area contributed by atoms with Crippen LogP contribution in [0.4, 0.5) is 0 Å². The first kappa shape index (κ1) is 16.2. The number of hydrogen-bond donors (Lipinski definition) is 1. The first-order valence-electron chi connectivity index (χ1n) is 7.35. The van der Waals surface area contributed by atoms with Crippen LogP contribution in [0.1, 0.15) is 39.5 Å². The molecule has 1 fully saturated rings. The quantitative estimate of drug-likeness (QED) is 0.714. The van der Waals surface area contributed by atoms with Crippen LogP contribution >= 0.6 is 0 Å². The maximum Gasteiger partial charge on any atom is 0.237 e. The average Bonchev–Trinajstić information content (AvgIpc) is 2.38. The summed E-state index contributed by atoms with van der Waals surface area (Å²) in [5.41, 5.74) is 1.01. The molecule has 1 rings (SSSR count). The Kier molecular flexibility index (Phi) is 7.10. The Balaban J connectivity index is 2.54. The first-order valence-corrected chi connectivity index (χ1v) is 7.35. The number of carbonyl (C=O) groups is 1. The van der Waals surface area contributed by atoms with Crippen LogP contribution in [0, 0.1) is 0 Å². The number of amides is 1. The molecule has 1 aliphatic rings. The van der Waals surface area contributed by atoms with Crippen LogP contribution in [0.2, 0.25) is 0 Å². The fourth-order valence-corrected chi connectivity index (χ4v) is 2.72. The molecule has 0 radical (unpaired) electrons. The van der Waals surface area contributed by atoms with Crippen molar-refractivity contribution in [2.75, 3.05) is 32.8 Å². The number of piperidine rings is 1. The molecule has 1 amide bonds. The predicted molar refractivity (Wildman–Crippen MR) is 78.0 cm³/mol. The Morgan fingerprint density at radius 3 is 2.79 bits per heavy atom. The molecule has 1 atom stereocenters. The molecule has 0 aliphatic carbocycles. The summed E-state index contributed by atoms with van der Waals surface area (Å²) >= 11 is 0. The van der Waals surface area contributed by atoms with E-state index in [1.54, 1.807) is 0 Å². The molecule has 0 saturated carbocycles. The van der Waals surface area contributed by atoms with E-state index in [-0.39, 0.29) is 12.5 Å². The minimum absolute atomic E-state index is 0.176. The van der Waals surface area contributed by atoms with E-state index in [0.717, 1.165) is 37.9 Å². The highest BCUT2D eigenvalue weighted by Crippen LogP contribution is 2.19. The number of rotatable bonds is 7. The Hall–Kier alpha value is -0.870. The van der Waals surface area contributed by atoms with Crippen molar-refractivity contribution in [3.05, 3.63) is 12.2 Å². The summed E-state index contributed by atoms with van der Waals surface area (Å²) in [6.07, 6.45) is 4.24. The minimum atomic E-state index is 0.176. The Labute approximate surface area is 117 Å². The zero-order chi connectivity index (χ0) is 14.3. The highest BCUT2D eigenvalue weighted by molar-refractivity contribution is 5.78. The highest BCUT2D eigenvalue weighted by Gasteiger charge is 2.25. The predicted octanol–water partition coefficient (Wildman–Crippen LogP) is 1.65. The van der Waals surface area contributed by atoms with Crippen molar-refractivity contribution in [3.8, 4) is 0 Å². The summed E-state index contributed by atoms with van der Waals surface area (Å²) < 4.78 is 0. The van der Waals surface area contributed by atoms with Gasteiger partial charge in [0.25, 0.3) is 0 Å². The summed E-state index contributed by atoms with van der Waals surface area (Å²) in [6.45, 7) is 10.9. The van der Waals surface area contributed by atoms with Crippen molar-refractivity contribution in [3.63, 3.8) is 0 Å². The van der Waals surface area contributed by atoms with Gasteiger partial charge in [-0.15, -0.1) is 0 Å². The van der Waals surface area contributed by atoms with Crippen LogP contribution < -0.4 is 0 Å². The number of nitrogens with zero attached hydrogens (tertiary/aromatic N) is 2. The van der Waals surface area contributed by atoms with Gasteiger partial charge in [-0.05, 0) is 39.7 Å². The number of aliphatic hydroxyl groups excluding tert-OH is 1. The molecule has 0 aromatic rings. The van der Waals surface area contributed by atoms with Crippen molar-refractivity contribution < 1.29 is 9.90 Å². The maximum atomic E-state index is 12.3. The zero-order valence-corrected chi connectivity index (χ0v) is 12.4. The van der Waals surface area contributed by atoms with Gasteiger partial charge in [0.2, 0.25) is 5.91 Å². The van der Waals surface area contributed by atoms with Gasteiger partial charge >= 0.3 is 0 Å². The van der Waals surface area contributed by atoms with Gasteiger partial charge in [-0.25, -0.2) is 0 Å². The number of likely N-dealkylation sites (N-methyl/N-ethyl adjacent to an activating group) is 1. The summed E-state index contributed by atoms with van der Waals surface area (Å²) in [4.78, 5) is 16.4. The van der Waals surface area contributed by atoms with Gasteiger partial charge in [-0.3, -0.25) is 9.69 Å². The average molecular weight is 268 g/mol. The lowest BCUT2D eigenvalue weighted by Gasteiger charge is -2.36. The van der Waals surface area contributed by atoms with Crippen LogP contribution in [0.25, 0.3) is 0 Å². The summed E-state index contributed by atoms with van der Waals surface area (Å²) in [5, 5.41) is 9.11. The molecule has 0 aromatic carbocycles. The lowest BCUT2D eigenvalue weighted by atomic mass is 9.99. The van der Waals surface area contributed by atoms with E-state index in [2.05, 4.69) is 11.5 Å². The zero-order valence-electron chi connectivity index (χ0n) is 12.4. The molecule has 1 aliphatic heterocycles. The molecule has 4 nitrogen and oxygen atoms in total. The number of hydrogen-bond acceptors (Lipinski definition) is 3. The van der Waals surface area contributed by atoms with E-state index < -0.39 is 0 Å². The molecule has 1 heterocycles. The number of likely N-dealkylation sites (tertiary alicyclic amines) is 1. The molecule has 1 saturated heterocycles. The Bertz CT molecular complexity index is 303. The van der Waals surface area contributed by atoms with Gasteiger partial charge in [0.15, 0.2) is 0 Å². The van der Waals surface area contributed by atoms with Gasteiger partial charge < -0.3 is 10.0 Å². The maximum absolute atomic E-state index is 12.3. The molecule has 4 heteroatoms. The summed E-state index contributed by atoms with van der Waals surface area (Å²) in [5.74, 6) is 0.176. The van der Waals surface area contributed by atoms with Crippen LogP contribution in [-0.2, 0) is 4.79 Å². The second kappa shape index (κ2) is 8.33. The molecular formula is C15H28N2O2. The number of aliphatic hydroxyl groups is 1. The Morgan fingerprint density at radius 2 is 2.21 bits per heavy atom. The lowest BCUT2D eigenvalue weighted by molar-refractivity contribution is -0.132. The minimum Gasteiger partial charge on any atom is -0.396 e. The standard InChI is InChI=1S/C15H28N2O2/c1-4-16(11-13(2)3)15(19)12-17-9-6-5-7-14(17)8-10-18/h14,18H,2,4-12H2,1,3H3. The third-order valence-electron chi connectivity index (χ3n) is 3.74. The van der Waals surface area contributed by atoms with E-state index in [4.69, 9.17) is 5.11 Å². The summed E-state index contributed by atoms with van der Waals surface area (Å²) in [6, 6.07) is 0.367. The van der Waals surface area contributed by atoms with Crippen molar-refractivity contribution in [1.29, 1.82) is 0 Å². The van der Waals surface area contributed by atoms with Gasteiger partial charge in [-0.2, -0.15) is 0 Å². The van der Waals surface area contributed by atoms with Gasteiger partial charge in [-0.1, -0.05) is 18.6 Å². The van der Waals surface area contributed by atoms with Crippen LogP contribution in [0.3, 0.4) is 0 Å². The molecule has 1 unspecified atom stereocenters. The van der Waals surface area contributed by atoms with Crippen LogP contribution in [0.5, 0.6) is 0 Å². The number of carbonyl (C=O) groups excluding carboxylic acids is 1. The molecular weight excluding hydrogens is 240 g/mol. The molecule has 1 N–H and O–H groups in total. The largest absolute Gasteiger partial charge is 0.396 e. The van der Waals surface area contributed by atoms with E-state index in [1.165, 1.54) is 6.42 Å². The van der Waals surface area contributed by atoms with E-state index in [1.807, 2.05) is 18.7 Å². The molecule has 0 aromatic heterocycles. The molecule has 0 spiro atoms. The third kappa shape index (κ3) is 5.33. The van der Waals surface area contributed by atoms with Crippen molar-refractivity contribution in [1.82, 2.24) is 9.80 Å². The van der Waals surface area contributed by atoms with Crippen LogP contribution in [0.15, 0.2) is 12.2 Å². The van der Waals surface area contributed by atoms with E-state index in [9.17, 15) is 4.79 Å². The van der Waals surface area contributed by atoms with Crippen molar-refractivity contribution in [2.24, 2.45) is 0 Å². The van der Waals surface area contributed by atoms with E-state index >= 15 is 0 Å². The normalized spacial score (nSPS) is 20.3. The van der Waals surface area contributed by atoms with Gasteiger partial charge in [0.1, 0.15) is 0 Å². The Morgan fingerprint density at radius 1 is 1.47 bits per heavy atom. The smallest absolute Gasteiger partial charge is 0.237 e. The molecule has 19 heavy (non-hydrogen) atoms. The first-order chi connectivity index (χ1) is 9.08. The molecule has 110 valence electrons. The topological polar surface area (TPSA) is 43.8 Å². The lowest BCUT2D eigenvalue weighted by Crippen LogP contribution is -2.47. The SMILES string of the molecule is C=C(C)CN(CC)C(=O)CN1CCCCC1CCO. The second-order valence-corrected chi connectivity index (χ2v) is 5.50. The van der Waals surface area contributed by atoms with Crippen LogP contribution in [-0.4, -0.2) is 59.6 Å². The second-order valence-electron chi connectivity index (χ2n) is 5.50. The van der Waals surface area contributed by atoms with Crippen molar-refractivity contribution >= 4 is 5.91 Å². The monoisotopic (exact) mass is 268 g/mol. The van der Waals surface area contributed by atoms with Gasteiger partial charge in [0, 0.05) is 25.7 Å². The highest BCUT2D eigenvalue weighted by atomic mass is 16.3. The van der Waals surface area contributed by atoms with Crippen molar-refractivity contribution in [2.45, 2.75) is 45.6 Å². The fourth-order valence-electron chi connectivity index (χ4n) is 2.72.